The molecule has 2 aliphatic rings. The highest BCUT2D eigenvalue weighted by molar-refractivity contribution is 5.65. The number of hydrogen-bond acceptors (Lipinski definition) is 1. The summed E-state index contributed by atoms with van der Waals surface area (Å²) in [5.41, 5.74) is 3.19. The Bertz CT molecular complexity index is 851. The van der Waals surface area contributed by atoms with E-state index < -0.39 is 11.7 Å². The molecule has 0 radical (unpaired) electrons. The Morgan fingerprint density at radius 2 is 1.73 bits per heavy atom. The van der Waals surface area contributed by atoms with Crippen molar-refractivity contribution in [2.45, 2.75) is 44.3 Å². The zero-order chi connectivity index (χ0) is 18.5. The molecule has 26 heavy (non-hydrogen) atoms. The van der Waals surface area contributed by atoms with E-state index in [4.69, 9.17) is 0 Å². The fourth-order valence-electron chi connectivity index (χ4n) is 4.46. The highest BCUT2D eigenvalue weighted by Gasteiger charge is 2.42. The van der Waals surface area contributed by atoms with Crippen LogP contribution >= 0.6 is 0 Å². The largest absolute Gasteiger partial charge is 0.416 e. The molecule has 0 fully saturated rings. The van der Waals surface area contributed by atoms with Crippen LogP contribution in [0.4, 0.5) is 18.9 Å². The molecule has 3 atom stereocenters. The first-order valence-corrected chi connectivity index (χ1v) is 9.10. The van der Waals surface area contributed by atoms with Gasteiger partial charge in [0, 0.05) is 11.6 Å². The Morgan fingerprint density at radius 3 is 2.46 bits per heavy atom. The third-order valence-electron chi connectivity index (χ3n) is 5.65. The molecule has 0 spiro atoms. The van der Waals surface area contributed by atoms with E-state index in [1.54, 1.807) is 12.1 Å². The van der Waals surface area contributed by atoms with Gasteiger partial charge in [0.15, 0.2) is 0 Å². The SMILES string of the molecule is CC(C)c1cccc2c1N[C@H](c1ccccc1C(F)(F)F)[C@H]1CC=C[C@H]21. The average molecular weight is 357 g/mol. The van der Waals surface area contributed by atoms with E-state index in [1.165, 1.54) is 17.7 Å². The van der Waals surface area contributed by atoms with Crippen molar-refractivity contribution >= 4 is 5.69 Å². The lowest BCUT2D eigenvalue weighted by Gasteiger charge is -2.39. The van der Waals surface area contributed by atoms with E-state index in [2.05, 4.69) is 49.5 Å². The van der Waals surface area contributed by atoms with Crippen molar-refractivity contribution in [3.63, 3.8) is 0 Å². The summed E-state index contributed by atoms with van der Waals surface area (Å²) < 4.78 is 40.8. The number of fused-ring (bicyclic) bond motifs is 3. The minimum absolute atomic E-state index is 0.105. The third kappa shape index (κ3) is 2.72. The van der Waals surface area contributed by atoms with Crippen molar-refractivity contribution in [3.8, 4) is 0 Å². The zero-order valence-corrected chi connectivity index (χ0v) is 14.8. The fraction of sp³-hybridized carbons (Fsp3) is 0.364. The van der Waals surface area contributed by atoms with Crippen molar-refractivity contribution in [3.05, 3.63) is 76.9 Å². The molecule has 1 nitrogen and oxygen atoms in total. The molecule has 0 saturated carbocycles. The van der Waals surface area contributed by atoms with Crippen molar-refractivity contribution in [1.82, 2.24) is 0 Å². The molecule has 4 rings (SSSR count). The Kier molecular flexibility index (Phi) is 4.09. The van der Waals surface area contributed by atoms with Crippen molar-refractivity contribution in [1.29, 1.82) is 0 Å². The number of rotatable bonds is 2. The fourth-order valence-corrected chi connectivity index (χ4v) is 4.46. The summed E-state index contributed by atoms with van der Waals surface area (Å²) in [6, 6.07) is 11.9. The van der Waals surface area contributed by atoms with Crippen LogP contribution in [0.1, 0.15) is 60.4 Å². The molecule has 2 aromatic carbocycles. The normalized spacial score (nSPS) is 24.3. The highest BCUT2D eigenvalue weighted by Crippen LogP contribution is 2.52. The Hall–Kier alpha value is -2.23. The summed E-state index contributed by atoms with van der Waals surface area (Å²) in [6.07, 6.45) is 0.715. The van der Waals surface area contributed by atoms with Gasteiger partial charge in [-0.15, -0.1) is 0 Å². The molecular weight excluding hydrogens is 335 g/mol. The minimum atomic E-state index is -4.35. The molecule has 1 heterocycles. The Balaban J connectivity index is 1.86. The van der Waals surface area contributed by atoms with Gasteiger partial charge >= 0.3 is 6.18 Å². The molecule has 1 N–H and O–H groups in total. The van der Waals surface area contributed by atoms with E-state index in [0.29, 0.717) is 11.5 Å². The lowest BCUT2D eigenvalue weighted by Crippen LogP contribution is -2.31. The lowest BCUT2D eigenvalue weighted by molar-refractivity contribution is -0.138. The first-order valence-electron chi connectivity index (χ1n) is 9.10. The van der Waals surface area contributed by atoms with Gasteiger partial charge in [-0.3, -0.25) is 0 Å². The molecule has 1 aliphatic carbocycles. The molecule has 0 unspecified atom stereocenters. The van der Waals surface area contributed by atoms with Crippen LogP contribution in [-0.2, 0) is 6.18 Å². The second-order valence-corrected chi connectivity index (χ2v) is 7.53. The molecule has 0 bridgehead atoms. The number of nitrogens with one attached hydrogen (secondary N) is 1. The summed E-state index contributed by atoms with van der Waals surface area (Å²) in [4.78, 5) is 0. The molecule has 4 heteroatoms. The topological polar surface area (TPSA) is 12.0 Å². The first-order chi connectivity index (χ1) is 12.4. The second kappa shape index (κ2) is 6.19. The first kappa shape index (κ1) is 17.2. The van der Waals surface area contributed by atoms with Crippen LogP contribution in [-0.4, -0.2) is 0 Å². The second-order valence-electron chi connectivity index (χ2n) is 7.53. The van der Waals surface area contributed by atoms with Crippen LogP contribution in [0.5, 0.6) is 0 Å². The van der Waals surface area contributed by atoms with Gasteiger partial charge < -0.3 is 5.32 Å². The van der Waals surface area contributed by atoms with Crippen molar-refractivity contribution in [2.75, 3.05) is 5.32 Å². The van der Waals surface area contributed by atoms with Gasteiger partial charge in [0.25, 0.3) is 0 Å². The quantitative estimate of drug-likeness (QED) is 0.593. The molecule has 136 valence electrons. The smallest absolute Gasteiger partial charge is 0.377 e. The average Bonchev–Trinajstić information content (AvgIpc) is 3.09. The van der Waals surface area contributed by atoms with Gasteiger partial charge in [0.2, 0.25) is 0 Å². The summed E-state index contributed by atoms with van der Waals surface area (Å²) in [7, 11) is 0. The lowest BCUT2D eigenvalue weighted by atomic mass is 9.75. The summed E-state index contributed by atoms with van der Waals surface area (Å²) >= 11 is 0. The van der Waals surface area contributed by atoms with Gasteiger partial charge in [-0.1, -0.05) is 62.4 Å². The number of hydrogen-bond donors (Lipinski definition) is 1. The summed E-state index contributed by atoms with van der Waals surface area (Å²) in [5, 5.41) is 3.51. The number of anilines is 1. The number of allylic oxidation sites excluding steroid dienone is 2. The van der Waals surface area contributed by atoms with E-state index in [1.807, 2.05) is 0 Å². The molecule has 0 aromatic heterocycles. The highest BCUT2D eigenvalue weighted by atomic mass is 19.4. The van der Waals surface area contributed by atoms with Crippen molar-refractivity contribution in [2.24, 2.45) is 5.92 Å². The van der Waals surface area contributed by atoms with Crippen molar-refractivity contribution < 1.29 is 13.2 Å². The number of alkyl halides is 3. The van der Waals surface area contributed by atoms with Crippen LogP contribution in [0.2, 0.25) is 0 Å². The number of halogens is 3. The molecule has 0 saturated heterocycles. The third-order valence-corrected chi connectivity index (χ3v) is 5.65. The predicted molar refractivity (Wildman–Crippen MR) is 98.3 cm³/mol. The number of para-hydroxylation sites is 1. The van der Waals surface area contributed by atoms with Gasteiger partial charge in [0.1, 0.15) is 0 Å². The Morgan fingerprint density at radius 1 is 1.00 bits per heavy atom. The number of benzene rings is 2. The molecular formula is C22H22F3N. The molecule has 0 amide bonds. The van der Waals surface area contributed by atoms with E-state index in [0.717, 1.165) is 17.7 Å². The zero-order valence-electron chi connectivity index (χ0n) is 14.8. The molecule has 2 aromatic rings. The van der Waals surface area contributed by atoms with Crippen LogP contribution in [0.3, 0.4) is 0 Å². The van der Waals surface area contributed by atoms with Gasteiger partial charge in [-0.2, -0.15) is 13.2 Å². The maximum atomic E-state index is 13.6. The summed E-state index contributed by atoms with van der Waals surface area (Å²) in [5.74, 6) is 0.572. The van der Waals surface area contributed by atoms with Crippen LogP contribution in [0.15, 0.2) is 54.6 Å². The maximum Gasteiger partial charge on any atom is 0.416 e. The van der Waals surface area contributed by atoms with Gasteiger partial charge in [0.05, 0.1) is 11.6 Å². The van der Waals surface area contributed by atoms with E-state index in [-0.39, 0.29) is 17.9 Å². The maximum absolute atomic E-state index is 13.6. The van der Waals surface area contributed by atoms with Crippen LogP contribution in [0, 0.1) is 5.92 Å². The van der Waals surface area contributed by atoms with Gasteiger partial charge in [-0.05, 0) is 41.0 Å². The standard InChI is InChI=1S/C22H22F3N/c1-13(2)14-8-5-10-16-15-9-6-11-17(15)21(26-20(14)16)18-7-3-4-12-19(18)22(23,24)25/h3-10,12-13,15,17,21,26H,11H2,1-2H3/t15-,17+,21+/m1/s1. The van der Waals surface area contributed by atoms with Crippen LogP contribution < -0.4 is 5.32 Å². The Labute approximate surface area is 151 Å². The predicted octanol–water partition coefficient (Wildman–Crippen LogP) is 6.66. The molecule has 1 aliphatic heterocycles. The minimum Gasteiger partial charge on any atom is -0.377 e. The van der Waals surface area contributed by atoms with E-state index >= 15 is 0 Å². The van der Waals surface area contributed by atoms with Crippen LogP contribution in [0.25, 0.3) is 0 Å². The monoisotopic (exact) mass is 357 g/mol. The summed E-state index contributed by atoms with van der Waals surface area (Å²) in [6.45, 7) is 4.24. The van der Waals surface area contributed by atoms with E-state index in [9.17, 15) is 13.2 Å². The van der Waals surface area contributed by atoms with Gasteiger partial charge in [-0.25, -0.2) is 0 Å².